The smallest absolute Gasteiger partial charge is 0.222 e. The molecule has 0 spiro atoms. The van der Waals surface area contributed by atoms with Gasteiger partial charge in [-0.3, -0.25) is 4.79 Å². The number of hydrogen-bond acceptors (Lipinski definition) is 1. The fourth-order valence-electron chi connectivity index (χ4n) is 2.76. The van der Waals surface area contributed by atoms with Crippen molar-refractivity contribution in [1.29, 1.82) is 0 Å². The maximum absolute atomic E-state index is 12.2. The van der Waals surface area contributed by atoms with Crippen molar-refractivity contribution in [1.82, 2.24) is 4.90 Å². The quantitative estimate of drug-likeness (QED) is 0.753. The van der Waals surface area contributed by atoms with E-state index in [2.05, 4.69) is 18.7 Å². The van der Waals surface area contributed by atoms with Gasteiger partial charge in [-0.25, -0.2) is 0 Å². The van der Waals surface area contributed by atoms with E-state index in [4.69, 9.17) is 11.6 Å². The summed E-state index contributed by atoms with van der Waals surface area (Å²) in [6, 6.07) is 8.05. The first-order chi connectivity index (χ1) is 9.70. The number of halogens is 1. The third kappa shape index (κ3) is 4.11. The molecule has 1 aromatic rings. The summed E-state index contributed by atoms with van der Waals surface area (Å²) in [7, 11) is 0. The van der Waals surface area contributed by atoms with Crippen LogP contribution >= 0.6 is 11.6 Å². The van der Waals surface area contributed by atoms with E-state index >= 15 is 0 Å². The summed E-state index contributed by atoms with van der Waals surface area (Å²) >= 11 is 5.95. The van der Waals surface area contributed by atoms with Gasteiger partial charge < -0.3 is 4.90 Å². The van der Waals surface area contributed by atoms with E-state index in [0.29, 0.717) is 12.3 Å². The number of hydrogen-bond donors (Lipinski definition) is 0. The van der Waals surface area contributed by atoms with Gasteiger partial charge in [-0.2, -0.15) is 0 Å². The van der Waals surface area contributed by atoms with Crippen LogP contribution in [0.2, 0.25) is 5.02 Å². The van der Waals surface area contributed by atoms with Gasteiger partial charge in [-0.15, -0.1) is 6.58 Å². The normalized spacial score (nSPS) is 19.4. The minimum Gasteiger partial charge on any atom is -0.342 e. The topological polar surface area (TPSA) is 20.3 Å². The van der Waals surface area contributed by atoms with Crippen molar-refractivity contribution in [2.24, 2.45) is 0 Å². The van der Waals surface area contributed by atoms with Gasteiger partial charge in [0.15, 0.2) is 0 Å². The number of allylic oxidation sites excluding steroid dienone is 1. The van der Waals surface area contributed by atoms with Crippen LogP contribution in [0.4, 0.5) is 0 Å². The summed E-state index contributed by atoms with van der Waals surface area (Å²) in [6.45, 7) is 5.40. The van der Waals surface area contributed by atoms with Crippen molar-refractivity contribution in [3.63, 3.8) is 0 Å². The maximum atomic E-state index is 12.2. The van der Waals surface area contributed by atoms with Gasteiger partial charge in [0.1, 0.15) is 0 Å². The molecule has 1 fully saturated rings. The molecule has 1 aliphatic rings. The number of rotatable bonds is 4. The number of amides is 1. The Bertz CT molecular complexity index is 455. The second-order valence-electron chi connectivity index (χ2n) is 5.41. The largest absolute Gasteiger partial charge is 0.342 e. The highest BCUT2D eigenvalue weighted by Gasteiger charge is 2.22. The summed E-state index contributed by atoms with van der Waals surface area (Å²) in [6.07, 6.45) is 6.58. The Balaban J connectivity index is 2.04. The average Bonchev–Trinajstić information content (AvgIpc) is 2.71. The molecule has 0 radical (unpaired) electrons. The minimum atomic E-state index is 0.255. The third-order valence-electron chi connectivity index (χ3n) is 3.93. The second-order valence-corrected chi connectivity index (χ2v) is 5.85. The van der Waals surface area contributed by atoms with Crippen LogP contribution in [0.15, 0.2) is 36.9 Å². The first-order valence-electron chi connectivity index (χ1n) is 7.35. The Morgan fingerprint density at radius 2 is 2.10 bits per heavy atom. The van der Waals surface area contributed by atoms with E-state index < -0.39 is 0 Å². The van der Waals surface area contributed by atoms with E-state index in [0.717, 1.165) is 37.4 Å². The summed E-state index contributed by atoms with van der Waals surface area (Å²) in [5.41, 5.74) is 1.29. The van der Waals surface area contributed by atoms with E-state index in [1.54, 1.807) is 0 Å². The zero-order valence-corrected chi connectivity index (χ0v) is 12.6. The van der Waals surface area contributed by atoms with Crippen molar-refractivity contribution >= 4 is 17.5 Å². The monoisotopic (exact) mass is 291 g/mol. The van der Waals surface area contributed by atoms with E-state index in [9.17, 15) is 4.79 Å². The van der Waals surface area contributed by atoms with Crippen LogP contribution in [0, 0.1) is 0 Å². The van der Waals surface area contributed by atoms with Crippen molar-refractivity contribution < 1.29 is 4.79 Å². The lowest BCUT2D eigenvalue weighted by Gasteiger charge is -2.25. The molecule has 0 unspecified atom stereocenters. The van der Waals surface area contributed by atoms with E-state index in [1.165, 1.54) is 12.0 Å². The highest BCUT2D eigenvalue weighted by atomic mass is 35.5. The molecule has 1 aliphatic heterocycles. The molecular weight excluding hydrogens is 270 g/mol. The Morgan fingerprint density at radius 3 is 2.80 bits per heavy atom. The van der Waals surface area contributed by atoms with Crippen LogP contribution in [0.1, 0.15) is 43.6 Å². The van der Waals surface area contributed by atoms with Gasteiger partial charge >= 0.3 is 0 Å². The van der Waals surface area contributed by atoms with E-state index in [-0.39, 0.29) is 5.91 Å². The molecule has 0 bridgehead atoms. The summed E-state index contributed by atoms with van der Waals surface area (Å²) in [4.78, 5) is 14.2. The lowest BCUT2D eigenvalue weighted by Crippen LogP contribution is -2.33. The Morgan fingerprint density at radius 1 is 1.35 bits per heavy atom. The SMILES string of the molecule is C=CCCC(=O)N1CCCC[C@@H](c2ccc(Cl)cc2)C1. The van der Waals surface area contributed by atoms with Crippen LogP contribution in [0.3, 0.4) is 0 Å². The first kappa shape index (κ1) is 15.1. The lowest BCUT2D eigenvalue weighted by molar-refractivity contribution is -0.131. The Labute approximate surface area is 126 Å². The van der Waals surface area contributed by atoms with Gasteiger partial charge in [-0.05, 0) is 37.0 Å². The summed E-state index contributed by atoms with van der Waals surface area (Å²) in [5.74, 6) is 0.688. The minimum absolute atomic E-state index is 0.255. The maximum Gasteiger partial charge on any atom is 0.222 e. The molecule has 108 valence electrons. The van der Waals surface area contributed by atoms with Crippen molar-refractivity contribution in [2.75, 3.05) is 13.1 Å². The molecule has 1 aromatic carbocycles. The molecule has 0 N–H and O–H groups in total. The predicted molar refractivity (Wildman–Crippen MR) is 84.1 cm³/mol. The van der Waals surface area contributed by atoms with Crippen LogP contribution in [-0.2, 0) is 4.79 Å². The molecule has 1 atom stereocenters. The Kier molecular flexibility index (Phi) is 5.66. The fourth-order valence-corrected chi connectivity index (χ4v) is 2.89. The van der Waals surface area contributed by atoms with Crippen molar-refractivity contribution in [3.8, 4) is 0 Å². The molecule has 0 aromatic heterocycles. The predicted octanol–water partition coefficient (Wildman–Crippen LogP) is 4.40. The van der Waals surface area contributed by atoms with Gasteiger partial charge in [0.2, 0.25) is 5.91 Å². The Hall–Kier alpha value is -1.28. The van der Waals surface area contributed by atoms with Crippen LogP contribution in [0.5, 0.6) is 0 Å². The summed E-state index contributed by atoms with van der Waals surface area (Å²) in [5, 5.41) is 0.765. The number of nitrogens with zero attached hydrogens (tertiary/aromatic N) is 1. The molecule has 2 nitrogen and oxygen atoms in total. The highest BCUT2D eigenvalue weighted by Crippen LogP contribution is 2.27. The summed E-state index contributed by atoms with van der Waals surface area (Å²) < 4.78 is 0. The zero-order valence-electron chi connectivity index (χ0n) is 11.9. The standard InChI is InChI=1S/C17H22ClNO/c1-2-3-7-17(20)19-12-5-4-6-15(13-19)14-8-10-16(18)11-9-14/h2,8-11,15H,1,3-7,12-13H2/t15-/m1/s1. The second kappa shape index (κ2) is 7.49. The zero-order chi connectivity index (χ0) is 14.4. The number of benzene rings is 1. The van der Waals surface area contributed by atoms with Crippen LogP contribution in [0.25, 0.3) is 0 Å². The van der Waals surface area contributed by atoms with Gasteiger partial charge in [0, 0.05) is 30.5 Å². The van der Waals surface area contributed by atoms with Crippen LogP contribution < -0.4 is 0 Å². The molecule has 2 rings (SSSR count). The molecule has 20 heavy (non-hydrogen) atoms. The molecule has 3 heteroatoms. The number of likely N-dealkylation sites (tertiary alicyclic amines) is 1. The molecule has 1 amide bonds. The molecule has 0 saturated carbocycles. The van der Waals surface area contributed by atoms with Gasteiger partial charge in [0.05, 0.1) is 0 Å². The van der Waals surface area contributed by atoms with Crippen molar-refractivity contribution in [2.45, 2.75) is 38.0 Å². The van der Waals surface area contributed by atoms with E-state index in [1.807, 2.05) is 23.1 Å². The molecule has 0 aliphatic carbocycles. The highest BCUT2D eigenvalue weighted by molar-refractivity contribution is 6.30. The molecule has 1 saturated heterocycles. The van der Waals surface area contributed by atoms with Gasteiger partial charge in [-0.1, -0.05) is 36.2 Å². The molecule has 1 heterocycles. The lowest BCUT2D eigenvalue weighted by atomic mass is 9.94. The van der Waals surface area contributed by atoms with Crippen molar-refractivity contribution in [3.05, 3.63) is 47.5 Å². The average molecular weight is 292 g/mol. The third-order valence-corrected chi connectivity index (χ3v) is 4.18. The first-order valence-corrected chi connectivity index (χ1v) is 7.72. The number of carbonyl (C=O) groups is 1. The van der Waals surface area contributed by atoms with Crippen LogP contribution in [-0.4, -0.2) is 23.9 Å². The molecular formula is C17H22ClNO. The number of carbonyl (C=O) groups excluding carboxylic acids is 1. The fraction of sp³-hybridized carbons (Fsp3) is 0.471. The van der Waals surface area contributed by atoms with Gasteiger partial charge in [0.25, 0.3) is 0 Å².